The number of allylic oxidation sites excluding steroid dienone is 2. The zero-order valence-corrected chi connectivity index (χ0v) is 51.8. The number of hydrogen-bond donors (Lipinski definition) is 0. The maximum absolute atomic E-state index is 12.8. The van der Waals surface area contributed by atoms with Gasteiger partial charge in [0.2, 0.25) is 0 Å². The van der Waals surface area contributed by atoms with Crippen LogP contribution in [-0.4, -0.2) is 37.2 Å². The van der Waals surface area contributed by atoms with Gasteiger partial charge in [0, 0.05) is 19.3 Å². The van der Waals surface area contributed by atoms with Crippen LogP contribution in [0.25, 0.3) is 0 Å². The van der Waals surface area contributed by atoms with Gasteiger partial charge >= 0.3 is 17.9 Å². The Balaban J connectivity index is 3.93. The normalized spacial score (nSPS) is 12.0. The van der Waals surface area contributed by atoms with Gasteiger partial charge in [-0.2, -0.15) is 0 Å². The van der Waals surface area contributed by atoms with Gasteiger partial charge in [-0.1, -0.05) is 348 Å². The van der Waals surface area contributed by atoms with E-state index in [2.05, 4.69) is 32.9 Å². The van der Waals surface area contributed by atoms with Gasteiger partial charge in [-0.15, -0.1) is 0 Å². The SMILES string of the molecule is CCCCCCCCC/C=C\CCCCCCCCCC(=O)OC(COC(=O)CCCCCCCCC)COC(=O)CCCCCCCCCCCCCCCCCCCCCCCCCCCCCCCCCCC. The summed E-state index contributed by atoms with van der Waals surface area (Å²) < 4.78 is 16.9. The Hall–Kier alpha value is -1.85. The summed E-state index contributed by atoms with van der Waals surface area (Å²) in [5.41, 5.74) is 0. The van der Waals surface area contributed by atoms with Crippen LogP contribution in [0.2, 0.25) is 0 Å². The molecule has 0 aromatic heterocycles. The number of ether oxygens (including phenoxy) is 3. The molecule has 0 aromatic carbocycles. The first-order chi connectivity index (χ1) is 37.5. The Morgan fingerprint density at radius 3 is 0.658 bits per heavy atom. The molecule has 0 aliphatic carbocycles. The van der Waals surface area contributed by atoms with Crippen molar-refractivity contribution in [3.05, 3.63) is 12.2 Å². The summed E-state index contributed by atoms with van der Waals surface area (Å²) in [5, 5.41) is 0. The number of carbonyl (C=O) groups is 3. The molecule has 0 aliphatic rings. The molecular weight excluding hydrogens is 937 g/mol. The van der Waals surface area contributed by atoms with Crippen molar-refractivity contribution < 1.29 is 28.6 Å². The molecule has 0 fully saturated rings. The average molecular weight is 1070 g/mol. The summed E-state index contributed by atoms with van der Waals surface area (Å²) in [4.78, 5) is 38.1. The molecule has 0 saturated heterocycles. The van der Waals surface area contributed by atoms with Gasteiger partial charge in [0.1, 0.15) is 13.2 Å². The van der Waals surface area contributed by atoms with Crippen LogP contribution in [-0.2, 0) is 28.6 Å². The number of hydrogen-bond acceptors (Lipinski definition) is 6. The minimum Gasteiger partial charge on any atom is -0.462 e. The lowest BCUT2D eigenvalue weighted by molar-refractivity contribution is -0.167. The van der Waals surface area contributed by atoms with Gasteiger partial charge in [-0.3, -0.25) is 14.4 Å². The third-order valence-electron chi connectivity index (χ3n) is 16.0. The van der Waals surface area contributed by atoms with Crippen LogP contribution in [0.15, 0.2) is 12.2 Å². The van der Waals surface area contributed by atoms with Gasteiger partial charge in [0.25, 0.3) is 0 Å². The van der Waals surface area contributed by atoms with E-state index in [9.17, 15) is 14.4 Å². The second-order valence-electron chi connectivity index (χ2n) is 23.8. The van der Waals surface area contributed by atoms with Crippen molar-refractivity contribution in [1.29, 1.82) is 0 Å². The van der Waals surface area contributed by atoms with Crippen LogP contribution in [0, 0.1) is 0 Å². The molecule has 0 heterocycles. The Morgan fingerprint density at radius 1 is 0.250 bits per heavy atom. The highest BCUT2D eigenvalue weighted by atomic mass is 16.6. The lowest BCUT2D eigenvalue weighted by Gasteiger charge is -2.18. The van der Waals surface area contributed by atoms with Crippen molar-refractivity contribution in [3.63, 3.8) is 0 Å². The number of rotatable bonds is 65. The first kappa shape index (κ1) is 74.2. The Bertz CT molecular complexity index is 1180. The molecule has 0 aliphatic heterocycles. The fraction of sp³-hybridized carbons (Fsp3) is 0.929. The number of esters is 3. The second-order valence-corrected chi connectivity index (χ2v) is 23.8. The van der Waals surface area contributed by atoms with E-state index in [1.807, 2.05) is 0 Å². The van der Waals surface area contributed by atoms with Crippen molar-refractivity contribution in [2.75, 3.05) is 13.2 Å². The molecule has 0 saturated carbocycles. The van der Waals surface area contributed by atoms with E-state index in [-0.39, 0.29) is 31.1 Å². The molecule has 0 rings (SSSR count). The molecule has 0 radical (unpaired) electrons. The van der Waals surface area contributed by atoms with E-state index in [1.165, 1.54) is 302 Å². The van der Waals surface area contributed by atoms with E-state index in [1.54, 1.807) is 0 Å². The van der Waals surface area contributed by atoms with Crippen LogP contribution in [0.4, 0.5) is 0 Å². The summed E-state index contributed by atoms with van der Waals surface area (Å²) in [6.45, 7) is 6.66. The Labute approximate surface area is 475 Å². The van der Waals surface area contributed by atoms with Gasteiger partial charge < -0.3 is 14.2 Å². The zero-order chi connectivity index (χ0) is 55.0. The quantitative estimate of drug-likeness (QED) is 0.0261. The molecule has 0 amide bonds. The van der Waals surface area contributed by atoms with Gasteiger partial charge in [-0.05, 0) is 44.9 Å². The van der Waals surface area contributed by atoms with Crippen LogP contribution in [0.1, 0.15) is 400 Å². The minimum absolute atomic E-state index is 0.0662. The van der Waals surface area contributed by atoms with E-state index in [0.717, 1.165) is 57.8 Å². The third-order valence-corrected chi connectivity index (χ3v) is 16.0. The smallest absolute Gasteiger partial charge is 0.306 e. The van der Waals surface area contributed by atoms with Crippen molar-refractivity contribution in [1.82, 2.24) is 0 Å². The predicted octanol–water partition coefficient (Wildman–Crippen LogP) is 23.6. The first-order valence-electron chi connectivity index (χ1n) is 34.7. The van der Waals surface area contributed by atoms with Crippen LogP contribution in [0.5, 0.6) is 0 Å². The standard InChI is InChI=1S/C70H134O6/c1-4-7-10-13-16-18-20-22-24-26-28-29-30-31-32-33-34-35-36-37-38-39-40-41-42-44-45-47-49-51-54-57-60-63-69(72)75-66-67(65-74-68(71)62-59-56-53-15-12-9-6-3)76-70(73)64-61-58-55-52-50-48-46-43-27-25-23-21-19-17-14-11-8-5-2/h25,27,67H,4-24,26,28-66H2,1-3H3/b27-25-. The van der Waals surface area contributed by atoms with E-state index in [4.69, 9.17) is 14.2 Å². The monoisotopic (exact) mass is 1070 g/mol. The zero-order valence-electron chi connectivity index (χ0n) is 51.8. The molecule has 0 aromatic rings. The van der Waals surface area contributed by atoms with Gasteiger partial charge in [-0.25, -0.2) is 0 Å². The van der Waals surface area contributed by atoms with Gasteiger partial charge in [0.05, 0.1) is 0 Å². The van der Waals surface area contributed by atoms with Crippen molar-refractivity contribution in [2.24, 2.45) is 0 Å². The Morgan fingerprint density at radius 2 is 0.434 bits per heavy atom. The van der Waals surface area contributed by atoms with Gasteiger partial charge in [0.15, 0.2) is 6.10 Å². The molecular formula is C70H134O6. The molecule has 0 bridgehead atoms. The topological polar surface area (TPSA) is 78.9 Å². The van der Waals surface area contributed by atoms with E-state index in [0.29, 0.717) is 19.3 Å². The maximum Gasteiger partial charge on any atom is 0.306 e. The van der Waals surface area contributed by atoms with E-state index < -0.39 is 6.10 Å². The highest BCUT2D eigenvalue weighted by molar-refractivity contribution is 5.71. The molecule has 0 spiro atoms. The lowest BCUT2D eigenvalue weighted by Crippen LogP contribution is -2.30. The van der Waals surface area contributed by atoms with E-state index >= 15 is 0 Å². The summed E-state index contributed by atoms with van der Waals surface area (Å²) in [6.07, 6.45) is 78.6. The molecule has 76 heavy (non-hydrogen) atoms. The largest absolute Gasteiger partial charge is 0.462 e. The third kappa shape index (κ3) is 63.0. The maximum atomic E-state index is 12.8. The summed E-state index contributed by atoms with van der Waals surface area (Å²) >= 11 is 0. The van der Waals surface area contributed by atoms with Crippen LogP contribution < -0.4 is 0 Å². The lowest BCUT2D eigenvalue weighted by atomic mass is 10.0. The molecule has 450 valence electrons. The highest BCUT2D eigenvalue weighted by Gasteiger charge is 2.19. The second kappa shape index (κ2) is 65.7. The molecule has 1 atom stereocenters. The van der Waals surface area contributed by atoms with Crippen molar-refractivity contribution >= 4 is 17.9 Å². The summed E-state index contributed by atoms with van der Waals surface area (Å²) in [6, 6.07) is 0. The molecule has 0 N–H and O–H groups in total. The highest BCUT2D eigenvalue weighted by Crippen LogP contribution is 2.19. The average Bonchev–Trinajstić information content (AvgIpc) is 3.42. The Kier molecular flexibility index (Phi) is 64.1. The minimum atomic E-state index is -0.767. The summed E-state index contributed by atoms with van der Waals surface area (Å²) in [7, 11) is 0. The van der Waals surface area contributed by atoms with Crippen LogP contribution >= 0.6 is 0 Å². The fourth-order valence-corrected chi connectivity index (χ4v) is 10.8. The number of unbranched alkanes of at least 4 members (excludes halogenated alkanes) is 52. The molecule has 6 nitrogen and oxygen atoms in total. The fourth-order valence-electron chi connectivity index (χ4n) is 10.8. The molecule has 1 unspecified atom stereocenters. The first-order valence-corrected chi connectivity index (χ1v) is 34.7. The molecule has 6 heteroatoms. The summed E-state index contributed by atoms with van der Waals surface area (Å²) in [5.74, 6) is -0.850. The predicted molar refractivity (Wildman–Crippen MR) is 330 cm³/mol. The number of carbonyl (C=O) groups excluding carboxylic acids is 3. The van der Waals surface area contributed by atoms with Crippen molar-refractivity contribution in [2.45, 2.75) is 406 Å². The van der Waals surface area contributed by atoms with Crippen LogP contribution in [0.3, 0.4) is 0 Å². The van der Waals surface area contributed by atoms with Crippen molar-refractivity contribution in [3.8, 4) is 0 Å².